The molecule has 2 amide bonds. The van der Waals surface area contributed by atoms with Crippen molar-refractivity contribution >= 4 is 23.2 Å². The number of benzene rings is 4. The van der Waals surface area contributed by atoms with Crippen LogP contribution in [0.5, 0.6) is 0 Å². The highest BCUT2D eigenvalue weighted by Gasteiger charge is 2.47. The Morgan fingerprint density at radius 1 is 0.870 bits per heavy atom. The number of hydrogen-bond donors (Lipinski definition) is 2. The number of halogens is 3. The van der Waals surface area contributed by atoms with Crippen molar-refractivity contribution in [1.82, 2.24) is 10.2 Å². The highest BCUT2D eigenvalue weighted by Crippen LogP contribution is 2.49. The topological polar surface area (TPSA) is 64.7 Å². The van der Waals surface area contributed by atoms with Gasteiger partial charge in [0.05, 0.1) is 5.69 Å². The molecule has 4 aromatic rings. The summed E-state index contributed by atoms with van der Waals surface area (Å²) in [5, 5.41) is 5.63. The molecule has 0 spiro atoms. The maximum Gasteiger partial charge on any atom is 0.276 e. The summed E-state index contributed by atoms with van der Waals surface area (Å²) in [6.45, 7) is 4.89. The average molecular weight is 627 g/mol. The van der Waals surface area contributed by atoms with Gasteiger partial charge in [0.15, 0.2) is 0 Å². The fraction of sp³-hybridized carbons (Fsp3) is 0.297. The van der Waals surface area contributed by atoms with Crippen LogP contribution in [-0.2, 0) is 10.7 Å². The minimum absolute atomic E-state index is 0.0257. The molecule has 1 heterocycles. The number of carbonyl (C=O) groups is 2. The van der Waals surface area contributed by atoms with E-state index in [1.807, 2.05) is 37.3 Å². The standard InChI is InChI=1S/C37H37F3N4O2/c1-2-41-36(46)34(26-8-4-3-5-9-26)44-22-20-43(21-23-44)29-18-19-33(32(38)24-29)42-35(45)31-11-7-6-10-30(31)25-12-14-27(15-13-25)37(39,40)28-16-17-28/h3-15,18-19,24,28,34H,2,16-17,20-23H2,1H3,(H,41,46)(H,42,45). The molecule has 2 fully saturated rings. The molecule has 1 saturated heterocycles. The van der Waals surface area contributed by atoms with Gasteiger partial charge in [0.2, 0.25) is 5.91 Å². The monoisotopic (exact) mass is 626 g/mol. The van der Waals surface area contributed by atoms with Crippen molar-refractivity contribution in [2.75, 3.05) is 42.9 Å². The molecule has 1 saturated carbocycles. The first-order valence-corrected chi connectivity index (χ1v) is 15.8. The number of rotatable bonds is 10. The van der Waals surface area contributed by atoms with Gasteiger partial charge in [0.25, 0.3) is 11.8 Å². The third kappa shape index (κ3) is 6.65. The molecule has 1 unspecified atom stereocenters. The summed E-state index contributed by atoms with van der Waals surface area (Å²) in [5.74, 6) is -4.57. The van der Waals surface area contributed by atoms with Gasteiger partial charge >= 0.3 is 0 Å². The predicted octanol–water partition coefficient (Wildman–Crippen LogP) is 7.25. The van der Waals surface area contributed by atoms with Gasteiger partial charge in [-0.2, -0.15) is 0 Å². The maximum atomic E-state index is 15.4. The SMILES string of the molecule is CCNC(=O)C(c1ccccc1)N1CCN(c2ccc(NC(=O)c3ccccc3-c3ccc(C(F)(F)C4CC4)cc3)c(F)c2)CC1. The summed E-state index contributed by atoms with van der Waals surface area (Å²) in [7, 11) is 0. The number of anilines is 2. The summed E-state index contributed by atoms with van der Waals surface area (Å²) in [6.07, 6.45) is 1.06. The second-order valence-electron chi connectivity index (χ2n) is 11.9. The van der Waals surface area contributed by atoms with E-state index < -0.39 is 29.6 Å². The van der Waals surface area contributed by atoms with E-state index >= 15 is 4.39 Å². The summed E-state index contributed by atoms with van der Waals surface area (Å²) in [4.78, 5) is 30.5. The van der Waals surface area contributed by atoms with E-state index in [4.69, 9.17) is 0 Å². The molecule has 4 aromatic carbocycles. The molecule has 46 heavy (non-hydrogen) atoms. The van der Waals surface area contributed by atoms with Crippen LogP contribution in [0.2, 0.25) is 0 Å². The maximum absolute atomic E-state index is 15.4. The van der Waals surface area contributed by atoms with Gasteiger partial charge in [-0.1, -0.05) is 72.8 Å². The minimum atomic E-state index is -2.86. The predicted molar refractivity (Wildman–Crippen MR) is 175 cm³/mol. The van der Waals surface area contributed by atoms with E-state index in [1.165, 1.54) is 18.2 Å². The average Bonchev–Trinajstić information content (AvgIpc) is 3.94. The minimum Gasteiger partial charge on any atom is -0.369 e. The largest absolute Gasteiger partial charge is 0.369 e. The van der Waals surface area contributed by atoms with Crippen LogP contribution in [0.25, 0.3) is 11.1 Å². The van der Waals surface area contributed by atoms with Gasteiger partial charge in [-0.15, -0.1) is 0 Å². The first-order chi connectivity index (χ1) is 22.3. The van der Waals surface area contributed by atoms with Crippen LogP contribution in [0.3, 0.4) is 0 Å². The molecule has 2 aliphatic rings. The number of hydrogen-bond acceptors (Lipinski definition) is 4. The quantitative estimate of drug-likeness (QED) is 0.195. The van der Waals surface area contributed by atoms with E-state index in [0.29, 0.717) is 67.9 Å². The molecule has 0 radical (unpaired) electrons. The van der Waals surface area contributed by atoms with Crippen LogP contribution in [0.1, 0.15) is 47.3 Å². The van der Waals surface area contributed by atoms with E-state index in [0.717, 1.165) is 5.56 Å². The second-order valence-corrected chi connectivity index (χ2v) is 11.9. The van der Waals surface area contributed by atoms with Crippen LogP contribution in [0.15, 0.2) is 97.1 Å². The molecule has 0 bridgehead atoms. The summed E-state index contributed by atoms with van der Waals surface area (Å²) in [6, 6.07) is 26.9. The summed E-state index contributed by atoms with van der Waals surface area (Å²) >= 11 is 0. The number of amides is 2. The van der Waals surface area contributed by atoms with Crippen LogP contribution in [0, 0.1) is 11.7 Å². The van der Waals surface area contributed by atoms with Crippen LogP contribution in [-0.4, -0.2) is 49.4 Å². The zero-order chi connectivity index (χ0) is 32.3. The zero-order valence-electron chi connectivity index (χ0n) is 25.7. The highest BCUT2D eigenvalue weighted by atomic mass is 19.3. The molecule has 6 nitrogen and oxygen atoms in total. The van der Waals surface area contributed by atoms with Gasteiger partial charge < -0.3 is 15.5 Å². The van der Waals surface area contributed by atoms with Gasteiger partial charge in [-0.05, 0) is 60.7 Å². The van der Waals surface area contributed by atoms with Crippen molar-refractivity contribution in [3.05, 3.63) is 120 Å². The molecule has 1 atom stereocenters. The Morgan fingerprint density at radius 2 is 1.54 bits per heavy atom. The van der Waals surface area contributed by atoms with E-state index in [-0.39, 0.29) is 17.2 Å². The van der Waals surface area contributed by atoms with Crippen LogP contribution >= 0.6 is 0 Å². The lowest BCUT2D eigenvalue weighted by Crippen LogP contribution is -2.51. The lowest BCUT2D eigenvalue weighted by atomic mass is 9.96. The van der Waals surface area contributed by atoms with Crippen molar-refractivity contribution in [2.24, 2.45) is 5.92 Å². The summed E-state index contributed by atoms with van der Waals surface area (Å²) < 4.78 is 44.5. The van der Waals surface area contributed by atoms with Crippen LogP contribution < -0.4 is 15.5 Å². The number of nitrogens with one attached hydrogen (secondary N) is 2. The first kappa shape index (κ1) is 31.4. The Hall–Kier alpha value is -4.63. The van der Waals surface area contributed by atoms with E-state index in [1.54, 1.807) is 48.5 Å². The zero-order valence-corrected chi connectivity index (χ0v) is 25.7. The van der Waals surface area contributed by atoms with Crippen LogP contribution in [0.4, 0.5) is 24.5 Å². The third-order valence-electron chi connectivity index (χ3n) is 8.80. The normalized spacial score (nSPS) is 16.1. The summed E-state index contributed by atoms with van der Waals surface area (Å²) in [5.41, 5.74) is 3.14. The molecule has 1 aliphatic carbocycles. The molecular weight excluding hydrogens is 589 g/mol. The number of carbonyl (C=O) groups excluding carboxylic acids is 2. The van der Waals surface area contributed by atoms with Crippen molar-refractivity contribution in [1.29, 1.82) is 0 Å². The molecule has 2 N–H and O–H groups in total. The molecular formula is C37H37F3N4O2. The van der Waals surface area contributed by atoms with Crippen molar-refractivity contribution in [3.8, 4) is 11.1 Å². The van der Waals surface area contributed by atoms with E-state index in [9.17, 15) is 18.4 Å². The Labute approximate surface area is 267 Å². The van der Waals surface area contributed by atoms with Gasteiger partial charge in [-0.3, -0.25) is 14.5 Å². The fourth-order valence-corrected chi connectivity index (χ4v) is 6.15. The van der Waals surface area contributed by atoms with Gasteiger partial charge in [-0.25, -0.2) is 13.2 Å². The third-order valence-corrected chi connectivity index (χ3v) is 8.80. The molecule has 6 rings (SSSR count). The van der Waals surface area contributed by atoms with Crippen molar-refractivity contribution in [2.45, 2.75) is 31.7 Å². The molecule has 0 aromatic heterocycles. The molecule has 238 valence electrons. The van der Waals surface area contributed by atoms with Crippen molar-refractivity contribution in [3.63, 3.8) is 0 Å². The van der Waals surface area contributed by atoms with Gasteiger partial charge in [0, 0.05) is 55.5 Å². The van der Waals surface area contributed by atoms with E-state index in [2.05, 4.69) is 20.4 Å². The highest BCUT2D eigenvalue weighted by molar-refractivity contribution is 6.08. The Balaban J connectivity index is 1.12. The number of likely N-dealkylation sites (N-methyl/N-ethyl adjacent to an activating group) is 1. The lowest BCUT2D eigenvalue weighted by Gasteiger charge is -2.39. The van der Waals surface area contributed by atoms with Gasteiger partial charge in [0.1, 0.15) is 11.9 Å². The Kier molecular flexibility index (Phi) is 9.12. The molecule has 1 aliphatic heterocycles. The first-order valence-electron chi connectivity index (χ1n) is 15.8. The number of piperazine rings is 1. The Morgan fingerprint density at radius 3 is 2.20 bits per heavy atom. The number of nitrogens with zero attached hydrogens (tertiary/aromatic N) is 2. The van der Waals surface area contributed by atoms with Crippen molar-refractivity contribution < 1.29 is 22.8 Å². The lowest BCUT2D eigenvalue weighted by molar-refractivity contribution is -0.126. The molecule has 9 heteroatoms. The second kappa shape index (κ2) is 13.4. The smallest absolute Gasteiger partial charge is 0.276 e. The fourth-order valence-electron chi connectivity index (χ4n) is 6.15. The number of alkyl halides is 2. The Bertz CT molecular complexity index is 1680.